The van der Waals surface area contributed by atoms with Gasteiger partial charge in [-0.3, -0.25) is 0 Å². The molecule has 2 saturated heterocycles. The Labute approximate surface area is 253 Å². The number of pyridine rings is 1. The van der Waals surface area contributed by atoms with Crippen LogP contribution in [0.5, 0.6) is 5.88 Å². The number of hydrogen-bond donors (Lipinski definition) is 0. The minimum atomic E-state index is -0.377. The number of alkyl halides is 1. The molecule has 0 N–H and O–H groups in total. The van der Waals surface area contributed by atoms with Crippen LogP contribution in [0.15, 0.2) is 60.7 Å². The van der Waals surface area contributed by atoms with Crippen molar-refractivity contribution in [2.45, 2.75) is 49.2 Å². The Bertz CT molecular complexity index is 1480. The van der Waals surface area contributed by atoms with Crippen molar-refractivity contribution in [2.24, 2.45) is 0 Å². The van der Waals surface area contributed by atoms with Crippen molar-refractivity contribution in [3.05, 3.63) is 65.8 Å². The molecule has 4 heterocycles. The summed E-state index contributed by atoms with van der Waals surface area (Å²) in [5, 5.41) is 1.44. The standard InChI is InChI=1S/C20H15ClN4O.C10H18INO2/c21-19-20(24-17-8-4-3-7-16(17)23-19)26-14-11-25(12-14)18-10-9-13-5-1-2-6-15(13)22-18;1-10(2,3)14-9(13)12-6-4-8(11)5-7-12/h1-10,14H,11-12H2;8H,4-7H2,1-3H3. The molecule has 2 aromatic carbocycles. The lowest BCUT2D eigenvalue weighted by Gasteiger charge is -2.39. The van der Waals surface area contributed by atoms with E-state index in [9.17, 15) is 4.79 Å². The van der Waals surface area contributed by atoms with E-state index >= 15 is 0 Å². The Hall–Kier alpha value is -2.92. The number of rotatable bonds is 3. The van der Waals surface area contributed by atoms with Gasteiger partial charge in [0.1, 0.15) is 17.5 Å². The number of fused-ring (bicyclic) bond motifs is 2. The van der Waals surface area contributed by atoms with E-state index in [0.29, 0.717) is 15.0 Å². The van der Waals surface area contributed by atoms with Crippen LogP contribution in [0.4, 0.5) is 10.6 Å². The highest BCUT2D eigenvalue weighted by atomic mass is 127. The van der Waals surface area contributed by atoms with Gasteiger partial charge < -0.3 is 19.3 Å². The molecule has 10 heteroatoms. The molecule has 0 radical (unpaired) electrons. The molecule has 210 valence electrons. The third-order valence-corrected chi connectivity index (χ3v) is 8.10. The molecule has 8 nitrogen and oxygen atoms in total. The summed E-state index contributed by atoms with van der Waals surface area (Å²) in [5.41, 5.74) is 2.16. The van der Waals surface area contributed by atoms with Gasteiger partial charge in [-0.1, -0.05) is 64.5 Å². The Morgan fingerprint density at radius 1 is 0.900 bits per heavy atom. The van der Waals surface area contributed by atoms with Crippen LogP contribution in [-0.2, 0) is 4.74 Å². The first kappa shape index (κ1) is 28.6. The smallest absolute Gasteiger partial charge is 0.410 e. The van der Waals surface area contributed by atoms with Crippen molar-refractivity contribution in [3.8, 4) is 5.88 Å². The van der Waals surface area contributed by atoms with Crippen LogP contribution in [0.25, 0.3) is 21.9 Å². The quantitative estimate of drug-likeness (QED) is 0.173. The zero-order valence-electron chi connectivity index (χ0n) is 22.9. The van der Waals surface area contributed by atoms with Crippen molar-refractivity contribution >= 4 is 68.0 Å². The molecule has 0 atom stereocenters. The van der Waals surface area contributed by atoms with Crippen molar-refractivity contribution in [2.75, 3.05) is 31.1 Å². The van der Waals surface area contributed by atoms with Crippen LogP contribution in [-0.4, -0.2) is 67.8 Å². The van der Waals surface area contributed by atoms with Crippen molar-refractivity contribution in [1.82, 2.24) is 19.9 Å². The van der Waals surface area contributed by atoms with Gasteiger partial charge in [-0.15, -0.1) is 0 Å². The molecule has 6 rings (SSSR count). The molecule has 0 unspecified atom stereocenters. The predicted octanol–water partition coefficient (Wildman–Crippen LogP) is 6.92. The fourth-order valence-corrected chi connectivity index (χ4v) is 5.22. The zero-order chi connectivity index (χ0) is 28.3. The number of nitrogens with zero attached hydrogens (tertiary/aromatic N) is 5. The van der Waals surface area contributed by atoms with Gasteiger partial charge in [-0.05, 0) is 63.9 Å². The van der Waals surface area contributed by atoms with Gasteiger partial charge in [0.05, 0.1) is 29.6 Å². The molecule has 4 aromatic rings. The maximum absolute atomic E-state index is 11.6. The molecule has 0 bridgehead atoms. The van der Waals surface area contributed by atoms with Crippen LogP contribution in [0.3, 0.4) is 0 Å². The van der Waals surface area contributed by atoms with Gasteiger partial charge in [0.2, 0.25) is 0 Å². The van der Waals surface area contributed by atoms with E-state index in [4.69, 9.17) is 26.1 Å². The van der Waals surface area contributed by atoms with Crippen LogP contribution in [0.1, 0.15) is 33.6 Å². The molecule has 1 amide bonds. The predicted molar refractivity (Wildman–Crippen MR) is 168 cm³/mol. The summed E-state index contributed by atoms with van der Waals surface area (Å²) in [7, 11) is 0. The number of aromatic nitrogens is 3. The summed E-state index contributed by atoms with van der Waals surface area (Å²) >= 11 is 8.66. The van der Waals surface area contributed by atoms with Crippen LogP contribution in [0.2, 0.25) is 5.15 Å². The molecule has 40 heavy (non-hydrogen) atoms. The highest BCUT2D eigenvalue weighted by molar-refractivity contribution is 14.1. The Kier molecular flexibility index (Phi) is 8.80. The fourth-order valence-electron chi connectivity index (χ4n) is 4.48. The van der Waals surface area contributed by atoms with Crippen molar-refractivity contribution in [1.29, 1.82) is 0 Å². The monoisotopic (exact) mass is 673 g/mol. The number of halogens is 2. The van der Waals surface area contributed by atoms with E-state index in [2.05, 4.69) is 49.6 Å². The van der Waals surface area contributed by atoms with Gasteiger partial charge in [0.15, 0.2) is 5.15 Å². The highest BCUT2D eigenvalue weighted by Crippen LogP contribution is 2.28. The Morgan fingerprint density at radius 3 is 2.20 bits per heavy atom. The zero-order valence-corrected chi connectivity index (χ0v) is 25.8. The molecule has 2 aliphatic heterocycles. The number of para-hydroxylation sites is 3. The lowest BCUT2D eigenvalue weighted by atomic mass is 10.1. The number of piperidine rings is 1. The number of hydrogen-bond acceptors (Lipinski definition) is 7. The summed E-state index contributed by atoms with van der Waals surface area (Å²) in [6.07, 6.45) is 2.02. The minimum Gasteiger partial charge on any atom is -0.468 e. The lowest BCUT2D eigenvalue weighted by molar-refractivity contribution is 0.0221. The summed E-state index contributed by atoms with van der Waals surface area (Å²) in [5.74, 6) is 1.35. The average molecular weight is 674 g/mol. The maximum atomic E-state index is 11.6. The number of likely N-dealkylation sites (tertiary alicyclic amines) is 1. The van der Waals surface area contributed by atoms with Gasteiger partial charge in [0.25, 0.3) is 5.88 Å². The number of anilines is 1. The van der Waals surface area contributed by atoms with E-state index in [1.54, 1.807) is 4.90 Å². The molecule has 0 spiro atoms. The number of carbonyl (C=O) groups excluding carboxylic acids is 1. The van der Waals surface area contributed by atoms with Crippen LogP contribution < -0.4 is 9.64 Å². The maximum Gasteiger partial charge on any atom is 0.410 e. The third-order valence-electron chi connectivity index (χ3n) is 6.61. The molecule has 0 saturated carbocycles. The summed E-state index contributed by atoms with van der Waals surface area (Å²) < 4.78 is 12.0. The van der Waals surface area contributed by atoms with Gasteiger partial charge in [-0.2, -0.15) is 0 Å². The molecule has 0 aliphatic carbocycles. The normalized spacial score (nSPS) is 16.3. The Balaban J connectivity index is 0.000000197. The molecule has 2 fully saturated rings. The first-order valence-corrected chi connectivity index (χ1v) is 15.1. The van der Waals surface area contributed by atoms with Gasteiger partial charge in [-0.25, -0.2) is 19.7 Å². The summed E-state index contributed by atoms with van der Waals surface area (Å²) in [6, 6.07) is 19.9. The first-order chi connectivity index (χ1) is 19.1. The number of amides is 1. The van der Waals surface area contributed by atoms with Crippen LogP contribution in [0, 0.1) is 0 Å². The SMILES string of the molecule is CC(C)(C)OC(=O)N1CCC(I)CC1.Clc1nc2ccccc2nc1OC1CN(c2ccc3ccccc3n2)C1. The third kappa shape index (κ3) is 7.23. The highest BCUT2D eigenvalue weighted by Gasteiger charge is 2.31. The number of carbonyl (C=O) groups is 1. The average Bonchev–Trinajstić information content (AvgIpc) is 2.90. The minimum absolute atomic E-state index is 0.0243. The topological polar surface area (TPSA) is 80.7 Å². The van der Waals surface area contributed by atoms with Crippen LogP contribution >= 0.6 is 34.2 Å². The second-order valence-corrected chi connectivity index (χ2v) is 13.1. The molecular weight excluding hydrogens is 641 g/mol. The second-order valence-electron chi connectivity index (χ2n) is 11.0. The largest absolute Gasteiger partial charge is 0.468 e. The van der Waals surface area contributed by atoms with Crippen molar-refractivity contribution < 1.29 is 14.3 Å². The molecular formula is C30H33ClIN5O3. The Morgan fingerprint density at radius 2 is 1.52 bits per heavy atom. The molecule has 2 aliphatic rings. The molecule has 2 aromatic heterocycles. The number of ether oxygens (including phenoxy) is 2. The summed E-state index contributed by atoms with van der Waals surface area (Å²) in [6.45, 7) is 8.86. The van der Waals surface area contributed by atoms with Gasteiger partial charge in [0, 0.05) is 22.4 Å². The summed E-state index contributed by atoms with van der Waals surface area (Å²) in [4.78, 5) is 29.2. The van der Waals surface area contributed by atoms with E-state index in [-0.39, 0.29) is 17.8 Å². The fraction of sp³-hybridized carbons (Fsp3) is 0.400. The van der Waals surface area contributed by atoms with E-state index in [1.807, 2.05) is 69.3 Å². The van der Waals surface area contributed by atoms with Gasteiger partial charge >= 0.3 is 6.09 Å². The second kappa shape index (κ2) is 12.3. The van der Waals surface area contributed by atoms with E-state index in [0.717, 1.165) is 66.8 Å². The number of benzene rings is 2. The lowest BCUT2D eigenvalue weighted by Crippen LogP contribution is -2.54. The van der Waals surface area contributed by atoms with E-state index in [1.165, 1.54) is 0 Å². The van der Waals surface area contributed by atoms with E-state index < -0.39 is 0 Å². The van der Waals surface area contributed by atoms with Crippen molar-refractivity contribution in [3.63, 3.8) is 0 Å². The first-order valence-electron chi connectivity index (χ1n) is 13.5.